The minimum atomic E-state index is -0.559. The predicted molar refractivity (Wildman–Crippen MR) is 70.6 cm³/mol. The van der Waals surface area contributed by atoms with Crippen LogP contribution in [0.4, 0.5) is 5.69 Å². The number of likely N-dealkylation sites (N-methyl/N-ethyl adjacent to an activating group) is 1. The van der Waals surface area contributed by atoms with Crippen molar-refractivity contribution in [2.24, 2.45) is 0 Å². The summed E-state index contributed by atoms with van der Waals surface area (Å²) in [5, 5.41) is 12.1. The van der Waals surface area contributed by atoms with E-state index in [9.17, 15) is 9.59 Å². The van der Waals surface area contributed by atoms with Gasteiger partial charge in [0.05, 0.1) is 17.0 Å². The van der Waals surface area contributed by atoms with Crippen LogP contribution in [0.2, 0.25) is 5.02 Å². The summed E-state index contributed by atoms with van der Waals surface area (Å²) in [4.78, 5) is 24.7. The Morgan fingerprint density at radius 1 is 1.53 bits per heavy atom. The van der Waals surface area contributed by atoms with E-state index in [0.717, 1.165) is 0 Å². The van der Waals surface area contributed by atoms with Crippen LogP contribution < -0.4 is 5.32 Å². The van der Waals surface area contributed by atoms with E-state index in [2.05, 4.69) is 5.32 Å². The molecule has 0 bridgehead atoms. The molecule has 1 heterocycles. The topological polar surface area (TPSA) is 73.2 Å². The highest BCUT2D eigenvalue weighted by atomic mass is 35.5. The molecule has 1 aliphatic heterocycles. The molecule has 0 saturated carbocycles. The highest BCUT2D eigenvalue weighted by Gasteiger charge is 2.37. The first-order valence-corrected chi connectivity index (χ1v) is 6.25. The summed E-state index contributed by atoms with van der Waals surface area (Å²) in [6.45, 7) is 2.14. The van der Waals surface area contributed by atoms with E-state index >= 15 is 0 Å². The molecule has 0 spiro atoms. The summed E-state index contributed by atoms with van der Waals surface area (Å²) in [6.07, 6.45) is 0.143. The molecular formula is C13H12ClN3O2. The van der Waals surface area contributed by atoms with Crippen molar-refractivity contribution in [1.82, 2.24) is 4.90 Å². The van der Waals surface area contributed by atoms with E-state index < -0.39 is 6.04 Å². The molecule has 2 amide bonds. The van der Waals surface area contributed by atoms with E-state index in [-0.39, 0.29) is 18.2 Å². The molecule has 98 valence electrons. The second kappa shape index (κ2) is 5.29. The van der Waals surface area contributed by atoms with E-state index in [0.29, 0.717) is 22.8 Å². The number of anilines is 1. The van der Waals surface area contributed by atoms with Gasteiger partial charge in [0.2, 0.25) is 5.91 Å². The second-order valence-corrected chi connectivity index (χ2v) is 4.59. The quantitative estimate of drug-likeness (QED) is 0.855. The molecule has 6 heteroatoms. The van der Waals surface area contributed by atoms with Gasteiger partial charge in [0.15, 0.2) is 0 Å². The Bertz CT molecular complexity index is 580. The fraction of sp³-hybridized carbons (Fsp3) is 0.308. The standard InChI is InChI=1S/C13H12ClN3O2/c1-2-17-12(18)6-11(13(17)19)16-9-4-3-8(7-15)10(14)5-9/h3-5,11,16H,2,6H2,1H3. The van der Waals surface area contributed by atoms with Gasteiger partial charge in [-0.3, -0.25) is 14.5 Å². The third-order valence-corrected chi connectivity index (χ3v) is 3.30. The van der Waals surface area contributed by atoms with Gasteiger partial charge in [0.1, 0.15) is 12.1 Å². The smallest absolute Gasteiger partial charge is 0.252 e. The Morgan fingerprint density at radius 3 is 2.79 bits per heavy atom. The number of nitrogens with one attached hydrogen (secondary N) is 1. The van der Waals surface area contributed by atoms with Crippen molar-refractivity contribution in [1.29, 1.82) is 5.26 Å². The lowest BCUT2D eigenvalue weighted by Gasteiger charge is -2.14. The van der Waals surface area contributed by atoms with Gasteiger partial charge in [0.25, 0.3) is 5.91 Å². The molecule has 2 rings (SSSR count). The first-order valence-electron chi connectivity index (χ1n) is 5.87. The largest absolute Gasteiger partial charge is 0.373 e. The first kappa shape index (κ1) is 13.4. The molecule has 5 nitrogen and oxygen atoms in total. The molecule has 0 aliphatic carbocycles. The van der Waals surface area contributed by atoms with Gasteiger partial charge in [-0.25, -0.2) is 0 Å². The Balaban J connectivity index is 2.15. The van der Waals surface area contributed by atoms with Gasteiger partial charge < -0.3 is 5.32 Å². The van der Waals surface area contributed by atoms with E-state index in [1.807, 2.05) is 6.07 Å². The monoisotopic (exact) mass is 277 g/mol. The molecule has 0 radical (unpaired) electrons. The number of amides is 2. The van der Waals surface area contributed by atoms with Crippen LogP contribution in [0, 0.1) is 11.3 Å². The van der Waals surface area contributed by atoms with Gasteiger partial charge in [-0.1, -0.05) is 11.6 Å². The molecule has 1 aromatic rings. The van der Waals surface area contributed by atoms with Crippen LogP contribution in [0.15, 0.2) is 18.2 Å². The number of hydrogen-bond acceptors (Lipinski definition) is 4. The first-order chi connectivity index (χ1) is 9.06. The van der Waals surface area contributed by atoms with Gasteiger partial charge in [-0.05, 0) is 25.1 Å². The van der Waals surface area contributed by atoms with Crippen LogP contribution in [0.1, 0.15) is 18.9 Å². The number of hydrogen-bond donors (Lipinski definition) is 1. The van der Waals surface area contributed by atoms with Crippen molar-refractivity contribution in [3.63, 3.8) is 0 Å². The minimum absolute atomic E-state index is 0.143. The normalized spacial score (nSPS) is 18.6. The number of nitrogens with zero attached hydrogens (tertiary/aromatic N) is 2. The average Bonchev–Trinajstić information content (AvgIpc) is 2.64. The van der Waals surface area contributed by atoms with Gasteiger partial charge >= 0.3 is 0 Å². The average molecular weight is 278 g/mol. The van der Waals surface area contributed by atoms with Crippen molar-refractivity contribution < 1.29 is 9.59 Å². The van der Waals surface area contributed by atoms with Gasteiger partial charge in [-0.15, -0.1) is 0 Å². The Morgan fingerprint density at radius 2 is 2.26 bits per heavy atom. The zero-order chi connectivity index (χ0) is 14.0. The molecule has 1 fully saturated rings. The van der Waals surface area contributed by atoms with Crippen LogP contribution in [0.25, 0.3) is 0 Å². The molecule has 1 aromatic carbocycles. The molecule has 19 heavy (non-hydrogen) atoms. The fourth-order valence-corrected chi connectivity index (χ4v) is 2.25. The zero-order valence-corrected chi connectivity index (χ0v) is 11.1. The van der Waals surface area contributed by atoms with E-state index in [1.165, 1.54) is 4.90 Å². The Labute approximate surface area is 115 Å². The van der Waals surface area contributed by atoms with Crippen molar-refractivity contribution in [2.45, 2.75) is 19.4 Å². The Kier molecular flexibility index (Phi) is 3.72. The number of benzene rings is 1. The van der Waals surface area contributed by atoms with Crippen molar-refractivity contribution in [3.8, 4) is 6.07 Å². The summed E-state index contributed by atoms with van der Waals surface area (Å²) in [7, 11) is 0. The maximum atomic E-state index is 11.9. The van der Waals surface area contributed by atoms with Crippen LogP contribution in [0.3, 0.4) is 0 Å². The lowest BCUT2D eigenvalue weighted by atomic mass is 10.2. The SMILES string of the molecule is CCN1C(=O)CC(Nc2ccc(C#N)c(Cl)c2)C1=O. The van der Waals surface area contributed by atoms with Crippen molar-refractivity contribution >= 4 is 29.1 Å². The number of nitriles is 1. The van der Waals surface area contributed by atoms with E-state index in [4.69, 9.17) is 16.9 Å². The molecule has 1 atom stereocenters. The van der Waals surface area contributed by atoms with Crippen LogP contribution >= 0.6 is 11.6 Å². The summed E-state index contributed by atoms with van der Waals surface area (Å²) in [5.41, 5.74) is 0.990. The molecule has 1 unspecified atom stereocenters. The third kappa shape index (κ3) is 2.54. The minimum Gasteiger partial charge on any atom is -0.373 e. The fourth-order valence-electron chi connectivity index (χ4n) is 2.02. The van der Waals surface area contributed by atoms with E-state index in [1.54, 1.807) is 25.1 Å². The van der Waals surface area contributed by atoms with Crippen molar-refractivity contribution in [3.05, 3.63) is 28.8 Å². The number of rotatable bonds is 3. The van der Waals surface area contributed by atoms with Gasteiger partial charge in [0, 0.05) is 12.2 Å². The molecule has 1 aliphatic rings. The predicted octanol–water partition coefficient (Wildman–Crippen LogP) is 1.77. The maximum Gasteiger partial charge on any atom is 0.252 e. The Hall–Kier alpha value is -2.06. The summed E-state index contributed by atoms with van der Waals surface area (Å²) in [6, 6.07) is 6.21. The second-order valence-electron chi connectivity index (χ2n) is 4.18. The molecule has 1 N–H and O–H groups in total. The highest BCUT2D eigenvalue weighted by Crippen LogP contribution is 2.23. The number of carbonyl (C=O) groups is 2. The number of imide groups is 1. The van der Waals surface area contributed by atoms with Crippen molar-refractivity contribution in [2.75, 3.05) is 11.9 Å². The zero-order valence-electron chi connectivity index (χ0n) is 10.3. The van der Waals surface area contributed by atoms with Crippen LogP contribution in [-0.2, 0) is 9.59 Å². The lowest BCUT2D eigenvalue weighted by molar-refractivity contribution is -0.138. The summed E-state index contributed by atoms with van der Waals surface area (Å²) < 4.78 is 0. The van der Waals surface area contributed by atoms with Gasteiger partial charge in [-0.2, -0.15) is 5.26 Å². The van der Waals surface area contributed by atoms with Crippen LogP contribution in [0.5, 0.6) is 0 Å². The number of halogens is 1. The molecule has 1 saturated heterocycles. The highest BCUT2D eigenvalue weighted by molar-refractivity contribution is 6.32. The van der Waals surface area contributed by atoms with Crippen LogP contribution in [-0.4, -0.2) is 29.3 Å². The number of likely N-dealkylation sites (tertiary alicyclic amines) is 1. The summed E-state index contributed by atoms with van der Waals surface area (Å²) >= 11 is 5.91. The number of carbonyl (C=O) groups excluding carboxylic acids is 2. The lowest BCUT2D eigenvalue weighted by Crippen LogP contribution is -2.34. The summed E-state index contributed by atoms with van der Waals surface area (Å²) in [5.74, 6) is -0.405. The molecular weight excluding hydrogens is 266 g/mol. The third-order valence-electron chi connectivity index (χ3n) is 2.99. The molecule has 0 aromatic heterocycles. The maximum absolute atomic E-state index is 11.9.